The third-order valence-corrected chi connectivity index (χ3v) is 6.59. The number of hydrogen-bond acceptors (Lipinski definition) is 8. The van der Waals surface area contributed by atoms with Crippen LogP contribution in [0.25, 0.3) is 10.9 Å². The van der Waals surface area contributed by atoms with Crippen LogP contribution in [0.1, 0.15) is 19.4 Å². The number of ether oxygens (including phenoxy) is 2. The Morgan fingerprint density at radius 3 is 2.77 bits per heavy atom. The largest absolute Gasteiger partial charge is 0.482 e. The molecule has 1 saturated heterocycles. The van der Waals surface area contributed by atoms with Crippen molar-refractivity contribution >= 4 is 40.5 Å². The van der Waals surface area contributed by atoms with Crippen molar-refractivity contribution in [3.05, 3.63) is 78.5 Å². The fourth-order valence-corrected chi connectivity index (χ4v) is 4.75. The zero-order chi connectivity index (χ0) is 27.2. The Morgan fingerprint density at radius 2 is 1.97 bits per heavy atom. The van der Waals surface area contributed by atoms with E-state index in [1.165, 1.54) is 0 Å². The highest BCUT2D eigenvalue weighted by Crippen LogP contribution is 2.30. The minimum absolute atomic E-state index is 0.175. The quantitative estimate of drug-likeness (QED) is 0.231. The number of carbonyl (C=O) groups is 2. The molecule has 0 saturated carbocycles. The van der Waals surface area contributed by atoms with Crippen molar-refractivity contribution in [3.8, 4) is 5.75 Å². The first kappa shape index (κ1) is 26.1. The van der Waals surface area contributed by atoms with E-state index in [9.17, 15) is 9.59 Å². The SMILES string of the molecule is CC(C)Nc1cccnc1N1CCN(c2cc3cc(OCC(=O)OCc4ccccc4)ccc3[nH]2)C(C=O)C1. The predicted octanol–water partition coefficient (Wildman–Crippen LogP) is 4.40. The summed E-state index contributed by atoms with van der Waals surface area (Å²) in [6, 6.07) is 21.0. The maximum Gasteiger partial charge on any atom is 0.344 e. The van der Waals surface area contributed by atoms with E-state index in [0.29, 0.717) is 18.8 Å². The number of aromatic nitrogens is 2. The highest BCUT2D eigenvalue weighted by atomic mass is 16.6. The Kier molecular flexibility index (Phi) is 7.96. The summed E-state index contributed by atoms with van der Waals surface area (Å²) in [4.78, 5) is 36.6. The summed E-state index contributed by atoms with van der Waals surface area (Å²) in [5, 5.41) is 4.38. The van der Waals surface area contributed by atoms with Gasteiger partial charge < -0.3 is 34.4 Å². The van der Waals surface area contributed by atoms with Gasteiger partial charge in [-0.1, -0.05) is 30.3 Å². The highest BCUT2D eigenvalue weighted by molar-refractivity contribution is 5.86. The van der Waals surface area contributed by atoms with Gasteiger partial charge in [-0.05, 0) is 55.8 Å². The van der Waals surface area contributed by atoms with Crippen molar-refractivity contribution in [2.75, 3.05) is 41.4 Å². The first-order valence-electron chi connectivity index (χ1n) is 13.1. The second-order valence-electron chi connectivity index (χ2n) is 9.86. The highest BCUT2D eigenvalue weighted by Gasteiger charge is 2.29. The molecule has 9 heteroatoms. The number of anilines is 3. The van der Waals surface area contributed by atoms with Crippen molar-refractivity contribution in [1.29, 1.82) is 0 Å². The van der Waals surface area contributed by atoms with E-state index in [0.717, 1.165) is 46.6 Å². The molecule has 5 rings (SSSR count). The van der Waals surface area contributed by atoms with Gasteiger partial charge in [0.2, 0.25) is 0 Å². The Bertz CT molecular complexity index is 1420. The number of H-pyrrole nitrogens is 1. The molecule has 0 bridgehead atoms. The maximum atomic E-state index is 12.2. The topological polar surface area (TPSA) is 99.8 Å². The number of carbonyl (C=O) groups excluding carboxylic acids is 2. The van der Waals surface area contributed by atoms with Crippen molar-refractivity contribution in [2.45, 2.75) is 32.5 Å². The van der Waals surface area contributed by atoms with E-state index in [1.54, 1.807) is 6.20 Å². The third-order valence-electron chi connectivity index (χ3n) is 6.59. The van der Waals surface area contributed by atoms with E-state index >= 15 is 0 Å². The average molecular weight is 528 g/mol. The minimum atomic E-state index is -0.430. The summed E-state index contributed by atoms with van der Waals surface area (Å²) in [5.41, 5.74) is 2.81. The molecule has 2 aromatic carbocycles. The van der Waals surface area contributed by atoms with Crippen LogP contribution in [-0.4, -0.2) is 60.5 Å². The van der Waals surface area contributed by atoms with E-state index in [2.05, 4.69) is 38.9 Å². The summed E-state index contributed by atoms with van der Waals surface area (Å²) in [7, 11) is 0. The molecule has 0 spiro atoms. The van der Waals surface area contributed by atoms with Gasteiger partial charge in [0.25, 0.3) is 0 Å². The number of esters is 1. The van der Waals surface area contributed by atoms with Crippen LogP contribution in [0.3, 0.4) is 0 Å². The van der Waals surface area contributed by atoms with Crippen LogP contribution in [0.15, 0.2) is 72.9 Å². The molecule has 1 aliphatic heterocycles. The van der Waals surface area contributed by atoms with Crippen molar-refractivity contribution < 1.29 is 19.1 Å². The molecule has 39 heavy (non-hydrogen) atoms. The molecular formula is C30H33N5O4. The molecule has 202 valence electrons. The number of piperazine rings is 1. The molecule has 3 heterocycles. The van der Waals surface area contributed by atoms with E-state index in [-0.39, 0.29) is 25.3 Å². The Morgan fingerprint density at radius 1 is 1.13 bits per heavy atom. The second-order valence-corrected chi connectivity index (χ2v) is 9.86. The summed E-state index contributed by atoms with van der Waals surface area (Å²) in [5.74, 6) is 1.86. The van der Waals surface area contributed by atoms with Crippen molar-refractivity contribution in [3.63, 3.8) is 0 Å². The number of hydrogen-bond donors (Lipinski definition) is 2. The smallest absolute Gasteiger partial charge is 0.344 e. The maximum absolute atomic E-state index is 12.2. The molecule has 1 unspecified atom stereocenters. The molecule has 2 aromatic heterocycles. The molecule has 9 nitrogen and oxygen atoms in total. The standard InChI is InChI=1S/C30H33N5O4/c1-21(2)32-27-9-6-12-31-30(27)34-13-14-35(24(17-34)18-36)28-16-23-15-25(10-11-26(23)33-28)38-20-29(37)39-19-22-7-4-3-5-8-22/h3-12,15-16,18,21,24,32-33H,13-14,17,19-20H2,1-2H3. The number of nitrogens with one attached hydrogen (secondary N) is 2. The lowest BCUT2D eigenvalue weighted by molar-refractivity contribution is -0.147. The zero-order valence-corrected chi connectivity index (χ0v) is 22.2. The van der Waals surface area contributed by atoms with Crippen molar-refractivity contribution in [1.82, 2.24) is 9.97 Å². The van der Waals surface area contributed by atoms with Gasteiger partial charge in [-0.15, -0.1) is 0 Å². The van der Waals surface area contributed by atoms with Gasteiger partial charge in [0.05, 0.1) is 5.69 Å². The van der Waals surface area contributed by atoms with Gasteiger partial charge in [0.1, 0.15) is 30.5 Å². The van der Waals surface area contributed by atoms with Gasteiger partial charge in [-0.3, -0.25) is 0 Å². The number of rotatable bonds is 10. The summed E-state index contributed by atoms with van der Waals surface area (Å²) < 4.78 is 11.0. The molecule has 0 aliphatic carbocycles. The predicted molar refractivity (Wildman–Crippen MR) is 152 cm³/mol. The van der Waals surface area contributed by atoms with Crippen LogP contribution < -0.4 is 19.9 Å². The van der Waals surface area contributed by atoms with Gasteiger partial charge in [0, 0.05) is 42.8 Å². The Labute approximate surface area is 227 Å². The summed E-state index contributed by atoms with van der Waals surface area (Å²) in [6.07, 6.45) is 2.77. The number of benzene rings is 2. The van der Waals surface area contributed by atoms with E-state index < -0.39 is 5.97 Å². The zero-order valence-electron chi connectivity index (χ0n) is 22.2. The fourth-order valence-electron chi connectivity index (χ4n) is 4.75. The molecule has 4 aromatic rings. The number of pyridine rings is 1. The van der Waals surface area contributed by atoms with Gasteiger partial charge in [0.15, 0.2) is 12.4 Å². The molecule has 1 fully saturated rings. The fraction of sp³-hybridized carbons (Fsp3) is 0.300. The molecular weight excluding hydrogens is 494 g/mol. The molecule has 1 atom stereocenters. The number of aldehydes is 1. The lowest BCUT2D eigenvalue weighted by Crippen LogP contribution is -2.54. The van der Waals surface area contributed by atoms with Gasteiger partial charge in [-0.25, -0.2) is 9.78 Å². The summed E-state index contributed by atoms with van der Waals surface area (Å²) >= 11 is 0. The van der Waals surface area contributed by atoms with Crippen LogP contribution >= 0.6 is 0 Å². The van der Waals surface area contributed by atoms with Crippen LogP contribution in [0.4, 0.5) is 17.3 Å². The lowest BCUT2D eigenvalue weighted by Gasteiger charge is -2.40. The molecule has 0 amide bonds. The number of fused-ring (bicyclic) bond motifs is 1. The lowest BCUT2D eigenvalue weighted by atomic mass is 10.1. The average Bonchev–Trinajstić information content (AvgIpc) is 3.38. The Hall–Kier alpha value is -4.53. The summed E-state index contributed by atoms with van der Waals surface area (Å²) in [6.45, 7) is 6.13. The van der Waals surface area contributed by atoms with Crippen LogP contribution in [0.2, 0.25) is 0 Å². The van der Waals surface area contributed by atoms with Crippen LogP contribution in [0.5, 0.6) is 5.75 Å². The minimum Gasteiger partial charge on any atom is -0.482 e. The number of aromatic amines is 1. The first-order valence-corrected chi connectivity index (χ1v) is 13.1. The Balaban J connectivity index is 1.22. The van der Waals surface area contributed by atoms with E-state index in [4.69, 9.17) is 9.47 Å². The first-order chi connectivity index (χ1) is 19.0. The molecule has 2 N–H and O–H groups in total. The van der Waals surface area contributed by atoms with E-state index in [1.807, 2.05) is 66.7 Å². The third kappa shape index (κ3) is 6.31. The van der Waals surface area contributed by atoms with Gasteiger partial charge >= 0.3 is 5.97 Å². The second kappa shape index (κ2) is 11.9. The van der Waals surface area contributed by atoms with Crippen molar-refractivity contribution in [2.24, 2.45) is 0 Å². The normalized spacial score (nSPS) is 15.4. The monoisotopic (exact) mass is 527 g/mol. The van der Waals surface area contributed by atoms with Crippen LogP contribution in [-0.2, 0) is 20.9 Å². The molecule has 1 aliphatic rings. The number of nitrogens with zero attached hydrogens (tertiary/aromatic N) is 3. The van der Waals surface area contributed by atoms with Crippen LogP contribution in [0, 0.1) is 0 Å². The van der Waals surface area contributed by atoms with Gasteiger partial charge in [-0.2, -0.15) is 0 Å². The molecule has 0 radical (unpaired) electrons.